The Bertz CT molecular complexity index is 381. The molecule has 1 aromatic heterocycles. The number of nitrogens with zero attached hydrogens (tertiary/aromatic N) is 1. The summed E-state index contributed by atoms with van der Waals surface area (Å²) in [6.45, 7) is -0.0318. The summed E-state index contributed by atoms with van der Waals surface area (Å²) in [5.41, 5.74) is -0.143. The number of hydrogen-bond donors (Lipinski definition) is 2. The summed E-state index contributed by atoms with van der Waals surface area (Å²) in [4.78, 5) is 24.9. The van der Waals surface area contributed by atoms with Gasteiger partial charge in [0.25, 0.3) is 5.91 Å². The average Bonchev–Trinajstić information content (AvgIpc) is 2.17. The lowest BCUT2D eigenvalue weighted by atomic mass is 10.2. The first-order valence-electron chi connectivity index (χ1n) is 4.21. The third-order valence-corrected chi connectivity index (χ3v) is 1.64. The molecule has 0 saturated carbocycles. The molecule has 5 nitrogen and oxygen atoms in total. The Hall–Kier alpha value is -1.98. The molecule has 0 spiro atoms. The number of hydrogen-bond acceptors (Lipinski definition) is 3. The third kappa shape index (κ3) is 3.34. The fourth-order valence-corrected chi connectivity index (χ4v) is 0.938. The van der Waals surface area contributed by atoms with Gasteiger partial charge < -0.3 is 10.4 Å². The SMILES string of the molecule is O=C(O)CCNC(=O)c1ccncc1F. The highest BCUT2D eigenvalue weighted by Gasteiger charge is 2.10. The van der Waals surface area contributed by atoms with Crippen LogP contribution in [-0.4, -0.2) is 28.5 Å². The second-order valence-electron chi connectivity index (χ2n) is 2.76. The van der Waals surface area contributed by atoms with Crippen molar-refractivity contribution < 1.29 is 19.1 Å². The van der Waals surface area contributed by atoms with Gasteiger partial charge in [-0.25, -0.2) is 4.39 Å². The number of aliphatic carboxylic acids is 1. The quantitative estimate of drug-likeness (QED) is 0.758. The third-order valence-electron chi connectivity index (χ3n) is 1.64. The minimum Gasteiger partial charge on any atom is -0.481 e. The number of aromatic nitrogens is 1. The number of carbonyl (C=O) groups is 2. The molecule has 1 heterocycles. The van der Waals surface area contributed by atoms with Crippen LogP contribution in [0.2, 0.25) is 0 Å². The molecule has 1 rings (SSSR count). The van der Waals surface area contributed by atoms with E-state index < -0.39 is 17.7 Å². The van der Waals surface area contributed by atoms with Crippen LogP contribution < -0.4 is 5.32 Å². The highest BCUT2D eigenvalue weighted by atomic mass is 19.1. The summed E-state index contributed by atoms with van der Waals surface area (Å²) in [6, 6.07) is 1.23. The van der Waals surface area contributed by atoms with Gasteiger partial charge in [0.2, 0.25) is 0 Å². The van der Waals surface area contributed by atoms with Crippen LogP contribution in [0.15, 0.2) is 18.5 Å². The van der Waals surface area contributed by atoms with E-state index in [4.69, 9.17) is 5.11 Å². The fraction of sp³-hybridized carbons (Fsp3) is 0.222. The van der Waals surface area contributed by atoms with Crippen molar-refractivity contribution in [1.82, 2.24) is 10.3 Å². The molecular formula is C9H9FN2O3. The monoisotopic (exact) mass is 212 g/mol. The van der Waals surface area contributed by atoms with Gasteiger partial charge >= 0.3 is 5.97 Å². The Balaban J connectivity index is 2.54. The largest absolute Gasteiger partial charge is 0.481 e. The average molecular weight is 212 g/mol. The molecular weight excluding hydrogens is 203 g/mol. The minimum atomic E-state index is -1.02. The predicted molar refractivity (Wildman–Crippen MR) is 48.8 cm³/mol. The van der Waals surface area contributed by atoms with E-state index in [1.165, 1.54) is 12.3 Å². The molecule has 6 heteroatoms. The molecule has 0 bridgehead atoms. The van der Waals surface area contributed by atoms with Crippen molar-refractivity contribution in [3.8, 4) is 0 Å². The molecule has 0 radical (unpaired) electrons. The summed E-state index contributed by atoms with van der Waals surface area (Å²) < 4.78 is 13.0. The number of carboxylic acids is 1. The van der Waals surface area contributed by atoms with Crippen molar-refractivity contribution in [2.24, 2.45) is 0 Å². The van der Waals surface area contributed by atoms with Crippen LogP contribution in [0.1, 0.15) is 16.8 Å². The van der Waals surface area contributed by atoms with Crippen molar-refractivity contribution in [2.75, 3.05) is 6.54 Å². The molecule has 80 valence electrons. The molecule has 0 saturated heterocycles. The van der Waals surface area contributed by atoms with E-state index in [1.807, 2.05) is 0 Å². The molecule has 0 fully saturated rings. The second-order valence-corrected chi connectivity index (χ2v) is 2.76. The topological polar surface area (TPSA) is 79.3 Å². The van der Waals surface area contributed by atoms with E-state index in [1.54, 1.807) is 0 Å². The Morgan fingerprint density at radius 2 is 2.27 bits per heavy atom. The molecule has 0 aliphatic heterocycles. The van der Waals surface area contributed by atoms with Crippen molar-refractivity contribution in [2.45, 2.75) is 6.42 Å². The van der Waals surface area contributed by atoms with Gasteiger partial charge in [-0.1, -0.05) is 0 Å². The number of nitrogens with one attached hydrogen (secondary N) is 1. The van der Waals surface area contributed by atoms with Crippen molar-refractivity contribution in [1.29, 1.82) is 0 Å². The Labute approximate surface area is 84.9 Å². The first-order chi connectivity index (χ1) is 7.11. The van der Waals surface area contributed by atoms with E-state index in [0.29, 0.717) is 0 Å². The number of carboxylic acid groups (broad SMARTS) is 1. The number of pyridine rings is 1. The fourth-order valence-electron chi connectivity index (χ4n) is 0.938. The molecule has 0 aliphatic carbocycles. The highest BCUT2D eigenvalue weighted by Crippen LogP contribution is 2.03. The maximum atomic E-state index is 13.0. The lowest BCUT2D eigenvalue weighted by Gasteiger charge is -2.03. The van der Waals surface area contributed by atoms with Gasteiger partial charge in [0.1, 0.15) is 0 Å². The van der Waals surface area contributed by atoms with Gasteiger partial charge in [0.15, 0.2) is 5.82 Å². The first kappa shape index (κ1) is 11.1. The zero-order chi connectivity index (χ0) is 11.3. The van der Waals surface area contributed by atoms with E-state index in [9.17, 15) is 14.0 Å². The summed E-state index contributed by atoms with van der Waals surface area (Å²) >= 11 is 0. The Morgan fingerprint density at radius 3 is 2.87 bits per heavy atom. The van der Waals surface area contributed by atoms with Crippen LogP contribution in [0.3, 0.4) is 0 Å². The van der Waals surface area contributed by atoms with E-state index in [-0.39, 0.29) is 18.5 Å². The van der Waals surface area contributed by atoms with Crippen molar-refractivity contribution in [3.63, 3.8) is 0 Å². The molecule has 15 heavy (non-hydrogen) atoms. The molecule has 1 amide bonds. The van der Waals surface area contributed by atoms with Gasteiger partial charge in [0, 0.05) is 12.7 Å². The number of halogens is 1. The normalized spacial score (nSPS) is 9.67. The number of amides is 1. The molecule has 0 atom stereocenters. The predicted octanol–water partition coefficient (Wildman–Crippen LogP) is 0.425. The van der Waals surface area contributed by atoms with Crippen molar-refractivity contribution >= 4 is 11.9 Å². The lowest BCUT2D eigenvalue weighted by Crippen LogP contribution is -2.26. The van der Waals surface area contributed by atoms with Crippen LogP contribution in [0.4, 0.5) is 4.39 Å². The second kappa shape index (κ2) is 5.04. The zero-order valence-electron chi connectivity index (χ0n) is 7.74. The maximum absolute atomic E-state index is 13.0. The Kier molecular flexibility index (Phi) is 3.73. The summed E-state index contributed by atoms with van der Waals surface area (Å²) in [6.07, 6.45) is 2.01. The lowest BCUT2D eigenvalue weighted by molar-refractivity contribution is -0.136. The Morgan fingerprint density at radius 1 is 1.53 bits per heavy atom. The van der Waals surface area contributed by atoms with E-state index >= 15 is 0 Å². The minimum absolute atomic E-state index is 0.0318. The molecule has 0 aromatic carbocycles. The van der Waals surface area contributed by atoms with Crippen molar-refractivity contribution in [3.05, 3.63) is 29.8 Å². The van der Waals surface area contributed by atoms with Crippen LogP contribution in [0.25, 0.3) is 0 Å². The van der Waals surface area contributed by atoms with Gasteiger partial charge in [-0.15, -0.1) is 0 Å². The van der Waals surface area contributed by atoms with Crippen LogP contribution in [0.5, 0.6) is 0 Å². The molecule has 0 aliphatic rings. The zero-order valence-corrected chi connectivity index (χ0v) is 7.74. The highest BCUT2D eigenvalue weighted by molar-refractivity contribution is 5.94. The van der Waals surface area contributed by atoms with Gasteiger partial charge in [-0.2, -0.15) is 0 Å². The van der Waals surface area contributed by atoms with Gasteiger partial charge in [0.05, 0.1) is 18.2 Å². The van der Waals surface area contributed by atoms with Crippen LogP contribution in [-0.2, 0) is 4.79 Å². The first-order valence-corrected chi connectivity index (χ1v) is 4.21. The van der Waals surface area contributed by atoms with Gasteiger partial charge in [-0.3, -0.25) is 14.6 Å². The summed E-state index contributed by atoms with van der Waals surface area (Å²) in [7, 11) is 0. The maximum Gasteiger partial charge on any atom is 0.305 e. The smallest absolute Gasteiger partial charge is 0.305 e. The summed E-state index contributed by atoms with van der Waals surface area (Å²) in [5.74, 6) is -2.40. The number of rotatable bonds is 4. The van der Waals surface area contributed by atoms with Crippen LogP contribution in [0, 0.1) is 5.82 Å². The van der Waals surface area contributed by atoms with Crippen LogP contribution >= 0.6 is 0 Å². The number of carbonyl (C=O) groups excluding carboxylic acids is 1. The summed E-state index contributed by atoms with van der Waals surface area (Å²) in [5, 5.41) is 10.6. The molecule has 0 unspecified atom stereocenters. The van der Waals surface area contributed by atoms with E-state index in [2.05, 4.69) is 10.3 Å². The standard InChI is InChI=1S/C9H9FN2O3/c10-7-5-11-3-1-6(7)9(15)12-4-2-8(13)14/h1,3,5H,2,4H2,(H,12,15)(H,13,14). The molecule has 2 N–H and O–H groups in total. The van der Waals surface area contributed by atoms with E-state index in [0.717, 1.165) is 6.20 Å². The molecule has 1 aromatic rings. The van der Waals surface area contributed by atoms with Gasteiger partial charge in [-0.05, 0) is 6.07 Å².